The summed E-state index contributed by atoms with van der Waals surface area (Å²) in [4.78, 5) is 0. The van der Waals surface area contributed by atoms with E-state index in [0.717, 1.165) is 5.25 Å². The first-order chi connectivity index (χ1) is 5.54. The molecule has 0 unspecified atom stereocenters. The lowest BCUT2D eigenvalue weighted by molar-refractivity contribution is 0.387. The van der Waals surface area contributed by atoms with Crippen LogP contribution in [0.1, 0.15) is 12.8 Å². The summed E-state index contributed by atoms with van der Waals surface area (Å²) in [7, 11) is -0.293. The van der Waals surface area contributed by atoms with Crippen LogP contribution in [0.3, 0.4) is 0 Å². The Labute approximate surface area is 82.7 Å². The van der Waals surface area contributed by atoms with Crippen LogP contribution >= 0.6 is 22.0 Å². The van der Waals surface area contributed by atoms with Gasteiger partial charge in [-0.2, -0.15) is 0 Å². The van der Waals surface area contributed by atoms with Crippen molar-refractivity contribution in [1.82, 2.24) is 4.31 Å². The van der Waals surface area contributed by atoms with Gasteiger partial charge in [-0.25, -0.2) is 10.0 Å². The summed E-state index contributed by atoms with van der Waals surface area (Å²) in [6.45, 7) is 2.60. The summed E-state index contributed by atoms with van der Waals surface area (Å²) in [5, 5.41) is 1.01. The maximum Gasteiger partial charge on any atom is 0.00992 e. The quantitative estimate of drug-likeness (QED) is 0.640. The Bertz CT molecular complexity index is 134. The lowest BCUT2D eigenvalue weighted by Gasteiger charge is -2.41. The first kappa shape index (κ1) is 10.7. The van der Waals surface area contributed by atoms with Gasteiger partial charge in [0.05, 0.1) is 0 Å². The third kappa shape index (κ3) is 2.86. The Balaban J connectivity index is 2.36. The van der Waals surface area contributed by atoms with Gasteiger partial charge in [0, 0.05) is 13.1 Å². The standard InChI is InChI=1S/C9H21NS2/c1-11-10-7-5-9(6-8-10)12(2,3)4/h9H,5-8H2,1-4H3. The molecule has 0 radical (unpaired) electrons. The summed E-state index contributed by atoms with van der Waals surface area (Å²) in [5.41, 5.74) is 0. The predicted octanol–water partition coefficient (Wildman–Crippen LogP) is 2.42. The Morgan fingerprint density at radius 2 is 1.67 bits per heavy atom. The highest BCUT2D eigenvalue weighted by Gasteiger charge is 2.25. The maximum atomic E-state index is 2.49. The van der Waals surface area contributed by atoms with Gasteiger partial charge in [-0.15, -0.1) is 0 Å². The summed E-state index contributed by atoms with van der Waals surface area (Å²) in [5.74, 6) is 0. The zero-order chi connectivity index (χ0) is 9.19. The maximum absolute atomic E-state index is 2.49. The van der Waals surface area contributed by atoms with Crippen LogP contribution in [-0.2, 0) is 0 Å². The van der Waals surface area contributed by atoms with Crippen molar-refractivity contribution in [3.8, 4) is 0 Å². The first-order valence-electron chi connectivity index (χ1n) is 4.50. The number of nitrogens with zero attached hydrogens (tertiary/aromatic N) is 1. The third-order valence-corrected chi connectivity index (χ3v) is 6.01. The number of piperidine rings is 1. The Morgan fingerprint density at radius 3 is 2.00 bits per heavy atom. The van der Waals surface area contributed by atoms with Crippen molar-refractivity contribution < 1.29 is 0 Å². The molecule has 3 heteroatoms. The van der Waals surface area contributed by atoms with Gasteiger partial charge in [-0.3, -0.25) is 4.31 Å². The molecule has 1 nitrogen and oxygen atoms in total. The normalized spacial score (nSPS) is 24.3. The molecular weight excluding hydrogens is 186 g/mol. The highest BCUT2D eigenvalue weighted by atomic mass is 32.3. The molecule has 0 bridgehead atoms. The number of hydrogen-bond donors (Lipinski definition) is 0. The van der Waals surface area contributed by atoms with Crippen molar-refractivity contribution in [3.05, 3.63) is 0 Å². The molecule has 0 N–H and O–H groups in total. The molecule has 0 amide bonds. The minimum absolute atomic E-state index is 0.293. The highest BCUT2D eigenvalue weighted by Crippen LogP contribution is 2.46. The van der Waals surface area contributed by atoms with Gasteiger partial charge >= 0.3 is 0 Å². The molecule has 0 atom stereocenters. The van der Waals surface area contributed by atoms with Crippen LogP contribution in [0, 0.1) is 0 Å². The Kier molecular flexibility index (Phi) is 3.80. The van der Waals surface area contributed by atoms with E-state index in [1.165, 1.54) is 25.9 Å². The second-order valence-corrected chi connectivity index (χ2v) is 9.65. The van der Waals surface area contributed by atoms with Gasteiger partial charge in [0.1, 0.15) is 0 Å². The highest BCUT2D eigenvalue weighted by molar-refractivity contribution is 8.32. The fourth-order valence-corrected chi connectivity index (χ4v) is 3.92. The van der Waals surface area contributed by atoms with E-state index in [-0.39, 0.29) is 10.0 Å². The van der Waals surface area contributed by atoms with E-state index >= 15 is 0 Å². The van der Waals surface area contributed by atoms with Gasteiger partial charge in [0.15, 0.2) is 0 Å². The van der Waals surface area contributed by atoms with Crippen LogP contribution in [0.5, 0.6) is 0 Å². The van der Waals surface area contributed by atoms with Crippen LogP contribution in [0.4, 0.5) is 0 Å². The topological polar surface area (TPSA) is 3.24 Å². The molecule has 0 spiro atoms. The molecule has 1 rings (SSSR count). The summed E-state index contributed by atoms with van der Waals surface area (Å²) < 4.78 is 2.49. The van der Waals surface area contributed by atoms with Crippen molar-refractivity contribution in [2.45, 2.75) is 18.1 Å². The molecule has 74 valence electrons. The molecule has 0 aromatic heterocycles. The SMILES string of the molecule is CSN1CCC(S(C)(C)C)CC1. The van der Waals surface area contributed by atoms with Crippen molar-refractivity contribution in [2.24, 2.45) is 0 Å². The average molecular weight is 207 g/mol. The van der Waals surface area contributed by atoms with Crippen molar-refractivity contribution in [3.63, 3.8) is 0 Å². The van der Waals surface area contributed by atoms with Gasteiger partial charge in [0.2, 0.25) is 0 Å². The van der Waals surface area contributed by atoms with Crippen LogP contribution in [0.25, 0.3) is 0 Å². The number of rotatable bonds is 2. The van der Waals surface area contributed by atoms with E-state index in [9.17, 15) is 0 Å². The molecule has 1 aliphatic heterocycles. The largest absolute Gasteiger partial charge is 0.251 e. The zero-order valence-corrected chi connectivity index (χ0v) is 10.3. The molecule has 1 heterocycles. The molecule has 0 aromatic carbocycles. The molecule has 0 aliphatic carbocycles. The second kappa shape index (κ2) is 4.25. The van der Waals surface area contributed by atoms with E-state index in [4.69, 9.17) is 0 Å². The molecule has 1 saturated heterocycles. The zero-order valence-electron chi connectivity index (χ0n) is 8.67. The lowest BCUT2D eigenvalue weighted by Crippen LogP contribution is -2.33. The summed E-state index contributed by atoms with van der Waals surface area (Å²) >= 11 is 1.90. The third-order valence-electron chi connectivity index (χ3n) is 2.66. The van der Waals surface area contributed by atoms with E-state index in [2.05, 4.69) is 29.3 Å². The van der Waals surface area contributed by atoms with E-state index in [1.807, 2.05) is 11.9 Å². The van der Waals surface area contributed by atoms with Crippen LogP contribution in [0.2, 0.25) is 0 Å². The Hall–Kier alpha value is 0.660. The van der Waals surface area contributed by atoms with Gasteiger partial charge in [-0.05, 0) is 43.1 Å². The van der Waals surface area contributed by atoms with Gasteiger partial charge < -0.3 is 0 Å². The molecule has 0 aromatic rings. The minimum atomic E-state index is -0.293. The Morgan fingerprint density at radius 1 is 1.17 bits per heavy atom. The molecule has 0 saturated carbocycles. The second-order valence-electron chi connectivity index (χ2n) is 4.24. The lowest BCUT2D eigenvalue weighted by atomic mass is 10.2. The van der Waals surface area contributed by atoms with Crippen molar-refractivity contribution in [1.29, 1.82) is 0 Å². The average Bonchev–Trinajstić information content (AvgIpc) is 2.03. The summed E-state index contributed by atoms with van der Waals surface area (Å²) in [6.07, 6.45) is 12.4. The monoisotopic (exact) mass is 207 g/mol. The smallest absolute Gasteiger partial charge is 0.00992 e. The van der Waals surface area contributed by atoms with Crippen LogP contribution < -0.4 is 0 Å². The van der Waals surface area contributed by atoms with Crippen molar-refractivity contribution >= 4 is 22.0 Å². The van der Waals surface area contributed by atoms with Gasteiger partial charge in [-0.1, -0.05) is 11.9 Å². The molecule has 1 fully saturated rings. The van der Waals surface area contributed by atoms with Crippen molar-refractivity contribution in [2.75, 3.05) is 38.1 Å². The van der Waals surface area contributed by atoms with E-state index < -0.39 is 0 Å². The molecule has 12 heavy (non-hydrogen) atoms. The van der Waals surface area contributed by atoms with E-state index in [0.29, 0.717) is 0 Å². The predicted molar refractivity (Wildman–Crippen MR) is 63.5 cm³/mol. The van der Waals surface area contributed by atoms with Crippen LogP contribution in [-0.4, -0.2) is 47.7 Å². The van der Waals surface area contributed by atoms with E-state index in [1.54, 1.807) is 0 Å². The molecular formula is C9H21NS2. The minimum Gasteiger partial charge on any atom is -0.251 e. The summed E-state index contributed by atoms with van der Waals surface area (Å²) in [6, 6.07) is 0. The first-order valence-corrected chi connectivity index (χ1v) is 8.60. The molecule has 1 aliphatic rings. The van der Waals surface area contributed by atoms with Gasteiger partial charge in [0.25, 0.3) is 0 Å². The fourth-order valence-electron chi connectivity index (χ4n) is 1.72. The number of hydrogen-bond acceptors (Lipinski definition) is 2. The fraction of sp³-hybridized carbons (Fsp3) is 1.00. The van der Waals surface area contributed by atoms with Crippen LogP contribution in [0.15, 0.2) is 0 Å².